The lowest BCUT2D eigenvalue weighted by Crippen LogP contribution is -2.46. The van der Waals surface area contributed by atoms with E-state index in [2.05, 4.69) is 10.2 Å². The van der Waals surface area contributed by atoms with Gasteiger partial charge in [-0.25, -0.2) is 4.79 Å². The Morgan fingerprint density at radius 3 is 2.41 bits per heavy atom. The number of amides is 2. The summed E-state index contributed by atoms with van der Waals surface area (Å²) in [6, 6.07) is 12.6. The molecule has 1 saturated heterocycles. The minimum Gasteiger partial charge on any atom is -0.444 e. The van der Waals surface area contributed by atoms with Gasteiger partial charge in [-0.3, -0.25) is 14.5 Å². The first-order chi connectivity index (χ1) is 19.2. The molecule has 2 amide bonds. The maximum absolute atomic E-state index is 13.4. The zero-order chi connectivity index (χ0) is 29.9. The van der Waals surface area contributed by atoms with Crippen molar-refractivity contribution in [2.24, 2.45) is 0 Å². The topological polar surface area (TPSA) is 99.2 Å². The second kappa shape index (κ2) is 12.7. The van der Waals surface area contributed by atoms with Crippen LogP contribution >= 0.6 is 23.2 Å². The first-order valence-corrected chi connectivity index (χ1v) is 14.7. The number of likely N-dealkylation sites (N-methyl/N-ethyl adjacent to an activating group) is 1. The lowest BCUT2D eigenvalue weighted by atomic mass is 9.97. The Morgan fingerprint density at radius 2 is 1.80 bits per heavy atom. The molecule has 4 rings (SSSR count). The van der Waals surface area contributed by atoms with Gasteiger partial charge in [-0.15, -0.1) is 0 Å². The number of carbonyl (C=O) groups excluding carboxylic acids is 3. The van der Waals surface area contributed by atoms with Gasteiger partial charge in [0.2, 0.25) is 5.91 Å². The van der Waals surface area contributed by atoms with Gasteiger partial charge in [0.05, 0.1) is 28.6 Å². The number of aliphatic hydroxyl groups excluding tert-OH is 1. The van der Waals surface area contributed by atoms with E-state index >= 15 is 0 Å². The smallest absolute Gasteiger partial charge is 0.408 e. The van der Waals surface area contributed by atoms with Crippen molar-refractivity contribution < 1.29 is 24.2 Å². The fourth-order valence-electron chi connectivity index (χ4n) is 5.16. The Morgan fingerprint density at radius 1 is 1.10 bits per heavy atom. The molecule has 0 unspecified atom stereocenters. The fraction of sp³-hybridized carbons (Fsp3) is 0.516. The number of rotatable bonds is 10. The molecule has 2 fully saturated rings. The summed E-state index contributed by atoms with van der Waals surface area (Å²) in [4.78, 5) is 43.0. The van der Waals surface area contributed by atoms with E-state index in [1.807, 2.05) is 24.3 Å². The minimum atomic E-state index is -0.893. The number of hydrogen-bond donors (Lipinski definition) is 2. The molecule has 8 nitrogen and oxygen atoms in total. The van der Waals surface area contributed by atoms with Gasteiger partial charge in [0.15, 0.2) is 5.78 Å². The Bertz CT molecular complexity index is 1290. The standard InChI is InChI=1S/C31H39Cl2N3O5/c1-30(2,3)41-29(40)34-31(11-12-31)27(38)16-20-6-5-7-22(14-20)26(19-36-13-10-23(37)18-36)35(4)28(39)17-21-8-9-24(32)25(33)15-21/h5-9,14-15,23,26,37H,10-13,16-19H2,1-4H3,(H,34,40)/t23-,26+/m0/s1. The van der Waals surface area contributed by atoms with Crippen molar-refractivity contribution in [3.8, 4) is 0 Å². The molecule has 1 heterocycles. The molecule has 222 valence electrons. The number of likely N-dealkylation sites (tertiary alicyclic amines) is 1. The third-order valence-electron chi connectivity index (χ3n) is 7.60. The van der Waals surface area contributed by atoms with E-state index in [4.69, 9.17) is 27.9 Å². The van der Waals surface area contributed by atoms with Crippen molar-refractivity contribution in [1.29, 1.82) is 0 Å². The lowest BCUT2D eigenvalue weighted by molar-refractivity contribution is -0.131. The highest BCUT2D eigenvalue weighted by atomic mass is 35.5. The molecule has 41 heavy (non-hydrogen) atoms. The number of ether oxygens (including phenoxy) is 1. The molecular formula is C31H39Cl2N3O5. The molecule has 1 saturated carbocycles. The van der Waals surface area contributed by atoms with Crippen LogP contribution < -0.4 is 5.32 Å². The van der Waals surface area contributed by atoms with Gasteiger partial charge in [0.1, 0.15) is 11.1 Å². The van der Waals surface area contributed by atoms with Crippen LogP contribution in [0, 0.1) is 0 Å². The van der Waals surface area contributed by atoms with Gasteiger partial charge < -0.3 is 20.1 Å². The molecule has 1 aliphatic carbocycles. The number of ketones is 1. The SMILES string of the molecule is CN(C(=O)Cc1ccc(Cl)c(Cl)c1)[C@H](CN1CC[C@H](O)C1)c1cccc(CC(=O)C2(NC(=O)OC(C)(C)C)CC2)c1. The van der Waals surface area contributed by atoms with Crippen molar-refractivity contribution in [1.82, 2.24) is 15.1 Å². The number of carbonyl (C=O) groups is 3. The van der Waals surface area contributed by atoms with Crippen LogP contribution in [0.1, 0.15) is 62.8 Å². The molecule has 2 aromatic carbocycles. The molecular weight excluding hydrogens is 565 g/mol. The van der Waals surface area contributed by atoms with Crippen molar-refractivity contribution in [3.63, 3.8) is 0 Å². The predicted molar refractivity (Wildman–Crippen MR) is 159 cm³/mol. The summed E-state index contributed by atoms with van der Waals surface area (Å²) in [5.41, 5.74) is 0.920. The number of hydrogen-bond acceptors (Lipinski definition) is 6. The third-order valence-corrected chi connectivity index (χ3v) is 8.34. The Labute approximate surface area is 251 Å². The summed E-state index contributed by atoms with van der Waals surface area (Å²) in [6.07, 6.45) is 1.18. The van der Waals surface area contributed by atoms with Crippen LogP contribution in [-0.2, 0) is 27.2 Å². The number of nitrogens with one attached hydrogen (secondary N) is 1. The van der Waals surface area contributed by atoms with Crippen molar-refractivity contribution in [3.05, 3.63) is 69.2 Å². The molecule has 1 aliphatic heterocycles. The lowest BCUT2D eigenvalue weighted by Gasteiger charge is -2.32. The molecule has 0 aromatic heterocycles. The Kier molecular flexibility index (Phi) is 9.69. The van der Waals surface area contributed by atoms with Gasteiger partial charge in [-0.2, -0.15) is 0 Å². The zero-order valence-electron chi connectivity index (χ0n) is 24.1. The van der Waals surface area contributed by atoms with Crippen LogP contribution in [0.2, 0.25) is 10.0 Å². The number of alkyl carbamates (subject to hydrolysis) is 1. The van der Waals surface area contributed by atoms with E-state index < -0.39 is 17.2 Å². The number of β-amino-alcohol motifs (C(OH)–C–C–N with tert-alkyl or cyclic N) is 1. The number of Topliss-reactive ketones (excluding diaryl/α,β-unsaturated/α-hetero) is 1. The predicted octanol–water partition coefficient (Wildman–Crippen LogP) is 4.97. The summed E-state index contributed by atoms with van der Waals surface area (Å²) in [5, 5.41) is 13.7. The monoisotopic (exact) mass is 603 g/mol. The molecule has 0 spiro atoms. The quantitative estimate of drug-likeness (QED) is 0.398. The van der Waals surface area contributed by atoms with E-state index in [1.54, 1.807) is 50.9 Å². The number of nitrogens with zero attached hydrogens (tertiary/aromatic N) is 2. The summed E-state index contributed by atoms with van der Waals surface area (Å²) in [6.45, 7) is 7.18. The van der Waals surface area contributed by atoms with Crippen LogP contribution in [-0.4, -0.2) is 76.6 Å². The molecule has 0 radical (unpaired) electrons. The average Bonchev–Trinajstić information content (AvgIpc) is 3.55. The van der Waals surface area contributed by atoms with Crippen LogP contribution in [0.5, 0.6) is 0 Å². The van der Waals surface area contributed by atoms with Gasteiger partial charge in [0, 0.05) is 33.1 Å². The van der Waals surface area contributed by atoms with E-state index in [-0.39, 0.29) is 36.7 Å². The first kappa shape index (κ1) is 31.3. The molecule has 2 aliphatic rings. The Hall–Kier alpha value is -2.65. The van der Waals surface area contributed by atoms with Crippen LogP contribution in [0.25, 0.3) is 0 Å². The highest BCUT2D eigenvalue weighted by molar-refractivity contribution is 6.42. The fourth-order valence-corrected chi connectivity index (χ4v) is 5.48. The zero-order valence-corrected chi connectivity index (χ0v) is 25.6. The van der Waals surface area contributed by atoms with Crippen molar-refractivity contribution >= 4 is 41.0 Å². The van der Waals surface area contributed by atoms with Gasteiger partial charge in [-0.05, 0) is 68.9 Å². The number of halogens is 2. The van der Waals surface area contributed by atoms with Crippen LogP contribution in [0.15, 0.2) is 42.5 Å². The molecule has 2 atom stereocenters. The highest BCUT2D eigenvalue weighted by Gasteiger charge is 2.51. The van der Waals surface area contributed by atoms with Crippen LogP contribution in [0.3, 0.4) is 0 Å². The summed E-state index contributed by atoms with van der Waals surface area (Å²) in [5.74, 6) is -0.156. The molecule has 0 bridgehead atoms. The summed E-state index contributed by atoms with van der Waals surface area (Å²) < 4.78 is 5.36. The van der Waals surface area contributed by atoms with Gasteiger partial charge >= 0.3 is 6.09 Å². The van der Waals surface area contributed by atoms with E-state index in [0.717, 1.165) is 23.2 Å². The maximum atomic E-state index is 13.4. The highest BCUT2D eigenvalue weighted by Crippen LogP contribution is 2.38. The van der Waals surface area contributed by atoms with E-state index in [1.165, 1.54) is 0 Å². The maximum Gasteiger partial charge on any atom is 0.408 e. The largest absolute Gasteiger partial charge is 0.444 e. The van der Waals surface area contributed by atoms with E-state index in [0.29, 0.717) is 42.4 Å². The first-order valence-electron chi connectivity index (χ1n) is 14.0. The van der Waals surface area contributed by atoms with Crippen molar-refractivity contribution in [2.75, 3.05) is 26.7 Å². The van der Waals surface area contributed by atoms with Gasteiger partial charge in [-0.1, -0.05) is 53.5 Å². The second-order valence-corrected chi connectivity index (χ2v) is 13.0. The van der Waals surface area contributed by atoms with Crippen LogP contribution in [0.4, 0.5) is 4.79 Å². The average molecular weight is 605 g/mol. The van der Waals surface area contributed by atoms with Gasteiger partial charge in [0.25, 0.3) is 0 Å². The van der Waals surface area contributed by atoms with Crippen molar-refractivity contribution in [2.45, 2.75) is 76.2 Å². The molecule has 2 N–H and O–H groups in total. The number of aliphatic hydroxyl groups is 1. The Balaban J connectivity index is 1.50. The molecule has 2 aromatic rings. The van der Waals surface area contributed by atoms with E-state index in [9.17, 15) is 19.5 Å². The second-order valence-electron chi connectivity index (χ2n) is 12.2. The normalized spacial score (nSPS) is 19.0. The minimum absolute atomic E-state index is 0.0660. The number of benzene rings is 2. The molecule has 10 heteroatoms. The summed E-state index contributed by atoms with van der Waals surface area (Å²) >= 11 is 12.2. The third kappa shape index (κ3) is 8.44. The summed E-state index contributed by atoms with van der Waals surface area (Å²) in [7, 11) is 1.78.